The summed E-state index contributed by atoms with van der Waals surface area (Å²) >= 11 is 3.27. The van der Waals surface area contributed by atoms with Gasteiger partial charge in [-0.15, -0.1) is 0 Å². The van der Waals surface area contributed by atoms with Crippen LogP contribution in [-0.2, 0) is 0 Å². The van der Waals surface area contributed by atoms with Crippen molar-refractivity contribution in [3.63, 3.8) is 0 Å². The van der Waals surface area contributed by atoms with E-state index in [2.05, 4.69) is 21.2 Å². The molecule has 0 fully saturated rings. The van der Waals surface area contributed by atoms with Gasteiger partial charge in [-0.25, -0.2) is 8.78 Å². The number of hydrogen-bond donors (Lipinski definition) is 1. The molecule has 1 rings (SSSR count). The molecule has 1 aromatic carbocycles. The van der Waals surface area contributed by atoms with Gasteiger partial charge in [0.25, 0.3) is 11.6 Å². The Labute approximate surface area is 122 Å². The Hall–Kier alpha value is -1.57. The van der Waals surface area contributed by atoms with Crippen LogP contribution in [0.25, 0.3) is 0 Å². The number of benzene rings is 1. The van der Waals surface area contributed by atoms with Crippen LogP contribution in [0.15, 0.2) is 12.1 Å². The van der Waals surface area contributed by atoms with Crippen molar-refractivity contribution in [2.75, 3.05) is 11.9 Å². The minimum Gasteiger partial charge on any atom is -0.351 e. The van der Waals surface area contributed by atoms with Gasteiger partial charge in [0.05, 0.1) is 11.0 Å². The molecule has 8 heteroatoms. The van der Waals surface area contributed by atoms with Crippen molar-refractivity contribution in [1.82, 2.24) is 5.32 Å². The first-order valence-corrected chi connectivity index (χ1v) is 6.77. The van der Waals surface area contributed by atoms with Gasteiger partial charge in [0, 0.05) is 11.9 Å². The van der Waals surface area contributed by atoms with Crippen molar-refractivity contribution in [3.8, 4) is 0 Å². The van der Waals surface area contributed by atoms with E-state index in [0.29, 0.717) is 17.5 Å². The van der Waals surface area contributed by atoms with Crippen molar-refractivity contribution in [2.24, 2.45) is 5.41 Å². The summed E-state index contributed by atoms with van der Waals surface area (Å²) in [6.07, 6.45) is 0. The van der Waals surface area contributed by atoms with Crippen molar-refractivity contribution < 1.29 is 18.5 Å². The zero-order valence-electron chi connectivity index (χ0n) is 10.9. The molecule has 0 aliphatic heterocycles. The third-order valence-electron chi connectivity index (χ3n) is 2.57. The van der Waals surface area contributed by atoms with E-state index >= 15 is 0 Å². The fourth-order valence-electron chi connectivity index (χ4n) is 1.33. The van der Waals surface area contributed by atoms with Gasteiger partial charge in [-0.3, -0.25) is 14.9 Å². The fourth-order valence-corrected chi connectivity index (χ4v) is 1.53. The summed E-state index contributed by atoms with van der Waals surface area (Å²) in [6.45, 7) is 3.95. The highest BCUT2D eigenvalue weighted by Crippen LogP contribution is 2.23. The fraction of sp³-hybridized carbons (Fsp3) is 0.417. The highest BCUT2D eigenvalue weighted by atomic mass is 79.9. The zero-order chi connectivity index (χ0) is 15.5. The Morgan fingerprint density at radius 1 is 1.40 bits per heavy atom. The Bertz CT molecular complexity index is 550. The lowest BCUT2D eigenvalue weighted by atomic mass is 9.96. The summed E-state index contributed by atoms with van der Waals surface area (Å²) in [5.74, 6) is -3.49. The summed E-state index contributed by atoms with van der Waals surface area (Å²) < 4.78 is 26.1. The maximum absolute atomic E-state index is 13.1. The van der Waals surface area contributed by atoms with Crippen LogP contribution in [0.2, 0.25) is 0 Å². The third-order valence-corrected chi connectivity index (χ3v) is 4.09. The van der Waals surface area contributed by atoms with E-state index in [1.807, 2.05) is 13.8 Å². The molecule has 1 N–H and O–H groups in total. The average molecular weight is 351 g/mol. The number of nitrogens with one attached hydrogen (secondary N) is 1. The first-order chi connectivity index (χ1) is 9.18. The van der Waals surface area contributed by atoms with Crippen molar-refractivity contribution in [1.29, 1.82) is 0 Å². The quantitative estimate of drug-likeness (QED) is 0.504. The van der Waals surface area contributed by atoms with E-state index in [-0.39, 0.29) is 12.0 Å². The number of halogens is 3. The summed E-state index contributed by atoms with van der Waals surface area (Å²) in [7, 11) is 0. The van der Waals surface area contributed by atoms with Crippen LogP contribution in [0.3, 0.4) is 0 Å². The van der Waals surface area contributed by atoms with Crippen LogP contribution in [0.5, 0.6) is 0 Å². The highest BCUT2D eigenvalue weighted by Gasteiger charge is 2.25. The standard InChI is InChI=1S/C12H13BrF2N2O3/c1-12(2,5-13)6-16-11(18)7-3-8(14)9(15)4-10(7)17(19)20/h3-4H,5-6H2,1-2H3,(H,16,18). The van der Waals surface area contributed by atoms with Crippen LogP contribution in [-0.4, -0.2) is 22.7 Å². The molecule has 0 heterocycles. The van der Waals surface area contributed by atoms with Gasteiger partial charge in [-0.05, 0) is 11.5 Å². The third kappa shape index (κ3) is 3.96. The second kappa shape index (κ2) is 6.25. The predicted molar refractivity (Wildman–Crippen MR) is 72.9 cm³/mol. The molecule has 0 unspecified atom stereocenters. The molecule has 0 saturated carbocycles. The lowest BCUT2D eigenvalue weighted by Crippen LogP contribution is -2.35. The zero-order valence-corrected chi connectivity index (χ0v) is 12.5. The molecule has 0 atom stereocenters. The number of carbonyl (C=O) groups is 1. The topological polar surface area (TPSA) is 72.2 Å². The van der Waals surface area contributed by atoms with Crippen LogP contribution in [0, 0.1) is 27.2 Å². The van der Waals surface area contributed by atoms with Crippen molar-refractivity contribution in [3.05, 3.63) is 39.4 Å². The predicted octanol–water partition coefficient (Wildman–Crippen LogP) is 3.02. The normalized spacial score (nSPS) is 11.2. The minimum absolute atomic E-state index is 0.229. The van der Waals surface area contributed by atoms with Crippen LogP contribution in [0.4, 0.5) is 14.5 Å². The maximum Gasteiger partial charge on any atom is 0.285 e. The minimum atomic E-state index is -1.37. The maximum atomic E-state index is 13.1. The van der Waals surface area contributed by atoms with Crippen LogP contribution in [0.1, 0.15) is 24.2 Å². The number of amides is 1. The van der Waals surface area contributed by atoms with Gasteiger partial charge >= 0.3 is 0 Å². The molecule has 0 bridgehead atoms. The Morgan fingerprint density at radius 3 is 2.45 bits per heavy atom. The monoisotopic (exact) mass is 350 g/mol. The van der Waals surface area contributed by atoms with E-state index in [1.54, 1.807) is 0 Å². The number of hydrogen-bond acceptors (Lipinski definition) is 3. The van der Waals surface area contributed by atoms with E-state index in [0.717, 1.165) is 0 Å². The lowest BCUT2D eigenvalue weighted by molar-refractivity contribution is -0.385. The van der Waals surface area contributed by atoms with E-state index in [1.165, 1.54) is 0 Å². The van der Waals surface area contributed by atoms with Crippen LogP contribution < -0.4 is 5.32 Å². The lowest BCUT2D eigenvalue weighted by Gasteiger charge is -2.21. The number of carbonyl (C=O) groups excluding carboxylic acids is 1. The van der Waals surface area contributed by atoms with Gasteiger partial charge in [-0.2, -0.15) is 0 Å². The number of nitro benzene ring substituents is 1. The number of nitro groups is 1. The van der Waals surface area contributed by atoms with Crippen molar-refractivity contribution in [2.45, 2.75) is 13.8 Å². The second-order valence-electron chi connectivity index (χ2n) is 5.02. The summed E-state index contributed by atoms with van der Waals surface area (Å²) in [4.78, 5) is 21.7. The first-order valence-electron chi connectivity index (χ1n) is 5.65. The summed E-state index contributed by atoms with van der Waals surface area (Å²) in [5, 5.41) is 13.8. The average Bonchev–Trinajstić information content (AvgIpc) is 2.38. The molecule has 1 aromatic rings. The van der Waals surface area contributed by atoms with Gasteiger partial charge in [0.2, 0.25) is 0 Å². The first kappa shape index (κ1) is 16.5. The molecule has 0 radical (unpaired) electrons. The van der Waals surface area contributed by atoms with Gasteiger partial charge < -0.3 is 5.32 Å². The van der Waals surface area contributed by atoms with E-state index < -0.39 is 33.7 Å². The van der Waals surface area contributed by atoms with Crippen molar-refractivity contribution >= 4 is 27.5 Å². The molecular weight excluding hydrogens is 338 g/mol. The molecule has 0 aromatic heterocycles. The van der Waals surface area contributed by atoms with Crippen LogP contribution >= 0.6 is 15.9 Å². The van der Waals surface area contributed by atoms with Gasteiger partial charge in [-0.1, -0.05) is 29.8 Å². The summed E-state index contributed by atoms with van der Waals surface area (Å²) in [5.41, 5.74) is -1.54. The van der Waals surface area contributed by atoms with Gasteiger partial charge in [0.15, 0.2) is 11.6 Å². The Morgan fingerprint density at radius 2 is 1.95 bits per heavy atom. The van der Waals surface area contributed by atoms with E-state index in [9.17, 15) is 23.7 Å². The molecule has 20 heavy (non-hydrogen) atoms. The number of rotatable bonds is 5. The molecule has 0 aliphatic carbocycles. The number of nitrogens with zero attached hydrogens (tertiary/aromatic N) is 1. The van der Waals surface area contributed by atoms with E-state index in [4.69, 9.17) is 0 Å². The molecule has 0 spiro atoms. The second-order valence-corrected chi connectivity index (χ2v) is 5.58. The smallest absolute Gasteiger partial charge is 0.285 e. The SMILES string of the molecule is CC(C)(CBr)CNC(=O)c1cc(F)c(F)cc1[N+](=O)[O-]. The molecule has 0 aliphatic rings. The van der Waals surface area contributed by atoms with Gasteiger partial charge in [0.1, 0.15) is 5.56 Å². The largest absolute Gasteiger partial charge is 0.351 e. The summed E-state index contributed by atoms with van der Waals surface area (Å²) in [6, 6.07) is 0.934. The number of alkyl halides is 1. The Kier molecular flexibility index (Phi) is 5.15. The molecular formula is C12H13BrF2N2O3. The highest BCUT2D eigenvalue weighted by molar-refractivity contribution is 9.09. The molecule has 0 saturated heterocycles. The molecule has 5 nitrogen and oxygen atoms in total. The Balaban J connectivity index is 3.04. The molecule has 1 amide bonds. The molecule has 110 valence electrons.